The lowest BCUT2D eigenvalue weighted by atomic mass is 9.97. The predicted molar refractivity (Wildman–Crippen MR) is 111 cm³/mol. The van der Waals surface area contributed by atoms with E-state index < -0.39 is 16.1 Å². The van der Waals surface area contributed by atoms with E-state index in [0.717, 1.165) is 22.3 Å². The average molecular weight is 394 g/mol. The summed E-state index contributed by atoms with van der Waals surface area (Å²) >= 11 is 0. The SMILES string of the molecule is CC(=O)c1ccc(C(NS(=O)(=O)c2ccc(C)cc2)c2ccc(C)cc2)cc1. The molecule has 144 valence electrons. The zero-order valence-corrected chi connectivity index (χ0v) is 17.0. The molecule has 5 heteroatoms. The summed E-state index contributed by atoms with van der Waals surface area (Å²) in [6.45, 7) is 5.40. The molecule has 1 N–H and O–H groups in total. The van der Waals surface area contributed by atoms with Gasteiger partial charge in [0.25, 0.3) is 0 Å². The largest absolute Gasteiger partial charge is 0.295 e. The van der Waals surface area contributed by atoms with E-state index in [4.69, 9.17) is 0 Å². The van der Waals surface area contributed by atoms with Gasteiger partial charge in [-0.15, -0.1) is 0 Å². The third-order valence-electron chi connectivity index (χ3n) is 4.67. The van der Waals surface area contributed by atoms with E-state index in [1.807, 2.05) is 38.1 Å². The lowest BCUT2D eigenvalue weighted by molar-refractivity contribution is 0.101. The van der Waals surface area contributed by atoms with E-state index in [1.54, 1.807) is 48.5 Å². The van der Waals surface area contributed by atoms with Gasteiger partial charge >= 0.3 is 0 Å². The van der Waals surface area contributed by atoms with Gasteiger partial charge in [-0.3, -0.25) is 4.79 Å². The first-order valence-corrected chi connectivity index (χ1v) is 10.5. The van der Waals surface area contributed by atoms with Crippen molar-refractivity contribution in [3.63, 3.8) is 0 Å². The normalized spacial score (nSPS) is 12.5. The number of ketones is 1. The molecule has 1 unspecified atom stereocenters. The summed E-state index contributed by atoms with van der Waals surface area (Å²) in [5.74, 6) is -0.0290. The minimum Gasteiger partial charge on any atom is -0.295 e. The number of hydrogen-bond donors (Lipinski definition) is 1. The van der Waals surface area contributed by atoms with Crippen LogP contribution < -0.4 is 4.72 Å². The highest BCUT2D eigenvalue weighted by atomic mass is 32.2. The Morgan fingerprint density at radius 2 is 1.18 bits per heavy atom. The molecule has 3 aromatic rings. The van der Waals surface area contributed by atoms with Crippen molar-refractivity contribution in [2.45, 2.75) is 31.7 Å². The molecule has 3 aromatic carbocycles. The Hall–Kier alpha value is -2.76. The molecule has 0 amide bonds. The van der Waals surface area contributed by atoms with E-state index in [-0.39, 0.29) is 10.7 Å². The zero-order valence-electron chi connectivity index (χ0n) is 16.1. The number of carbonyl (C=O) groups is 1. The third kappa shape index (κ3) is 4.55. The summed E-state index contributed by atoms with van der Waals surface area (Å²) in [4.78, 5) is 11.8. The molecule has 0 aliphatic rings. The summed E-state index contributed by atoms with van der Waals surface area (Å²) in [7, 11) is -3.73. The summed E-state index contributed by atoms with van der Waals surface area (Å²) in [5.41, 5.74) is 4.28. The second kappa shape index (κ2) is 8.09. The van der Waals surface area contributed by atoms with Crippen molar-refractivity contribution in [3.8, 4) is 0 Å². The Kier molecular flexibility index (Phi) is 5.77. The second-order valence-electron chi connectivity index (χ2n) is 6.96. The monoisotopic (exact) mass is 393 g/mol. The summed E-state index contributed by atoms with van der Waals surface area (Å²) in [6.07, 6.45) is 0. The lowest BCUT2D eigenvalue weighted by Gasteiger charge is -2.20. The molecule has 4 nitrogen and oxygen atoms in total. The molecule has 0 aliphatic heterocycles. The van der Waals surface area contributed by atoms with Gasteiger partial charge in [-0.05, 0) is 44.0 Å². The molecule has 0 aliphatic carbocycles. The van der Waals surface area contributed by atoms with Gasteiger partial charge in [-0.25, -0.2) is 8.42 Å². The Labute approximate surface area is 166 Å². The Morgan fingerprint density at radius 1 is 0.750 bits per heavy atom. The molecule has 0 heterocycles. The van der Waals surface area contributed by atoms with Crippen LogP contribution in [0.15, 0.2) is 77.7 Å². The van der Waals surface area contributed by atoms with E-state index in [1.165, 1.54) is 6.92 Å². The highest BCUT2D eigenvalue weighted by Gasteiger charge is 2.23. The van der Waals surface area contributed by atoms with Crippen LogP contribution in [-0.2, 0) is 10.0 Å². The summed E-state index contributed by atoms with van der Waals surface area (Å²) in [6, 6.07) is 20.9. The minimum absolute atomic E-state index is 0.0290. The maximum absolute atomic E-state index is 13.0. The van der Waals surface area contributed by atoms with Crippen molar-refractivity contribution < 1.29 is 13.2 Å². The van der Waals surface area contributed by atoms with Gasteiger partial charge in [0.15, 0.2) is 5.78 Å². The maximum Gasteiger partial charge on any atom is 0.241 e. The van der Waals surface area contributed by atoms with E-state index >= 15 is 0 Å². The third-order valence-corrected chi connectivity index (χ3v) is 6.10. The predicted octanol–water partition coefficient (Wildman–Crippen LogP) is 4.57. The van der Waals surface area contributed by atoms with Crippen molar-refractivity contribution in [2.75, 3.05) is 0 Å². The average Bonchev–Trinajstić information content (AvgIpc) is 2.67. The van der Waals surface area contributed by atoms with Gasteiger partial charge in [0.05, 0.1) is 10.9 Å². The number of aryl methyl sites for hydroxylation is 2. The molecule has 0 spiro atoms. The second-order valence-corrected chi connectivity index (χ2v) is 8.67. The molecule has 28 heavy (non-hydrogen) atoms. The highest BCUT2D eigenvalue weighted by molar-refractivity contribution is 7.89. The van der Waals surface area contributed by atoms with Gasteiger partial charge in [0.2, 0.25) is 10.0 Å². The van der Waals surface area contributed by atoms with Gasteiger partial charge in [0, 0.05) is 5.56 Å². The first-order chi connectivity index (χ1) is 13.3. The summed E-state index contributed by atoms with van der Waals surface area (Å²) < 4.78 is 28.8. The molecule has 0 bridgehead atoms. The topological polar surface area (TPSA) is 63.2 Å². The van der Waals surface area contributed by atoms with Gasteiger partial charge in [0.1, 0.15) is 0 Å². The van der Waals surface area contributed by atoms with E-state index in [0.29, 0.717) is 5.56 Å². The molecule has 0 radical (unpaired) electrons. The van der Waals surface area contributed by atoms with Crippen molar-refractivity contribution in [2.24, 2.45) is 0 Å². The van der Waals surface area contributed by atoms with Crippen LogP contribution in [0.4, 0.5) is 0 Å². The van der Waals surface area contributed by atoms with Crippen LogP contribution in [0.5, 0.6) is 0 Å². The van der Waals surface area contributed by atoms with Crippen molar-refractivity contribution in [1.82, 2.24) is 4.72 Å². The first-order valence-electron chi connectivity index (χ1n) is 9.03. The molecular weight excluding hydrogens is 370 g/mol. The Balaban J connectivity index is 2.02. The quantitative estimate of drug-likeness (QED) is 0.624. The molecule has 0 saturated heterocycles. The van der Waals surface area contributed by atoms with Gasteiger partial charge in [-0.2, -0.15) is 4.72 Å². The van der Waals surface area contributed by atoms with Crippen LogP contribution in [0.3, 0.4) is 0 Å². The van der Waals surface area contributed by atoms with Crippen LogP contribution >= 0.6 is 0 Å². The standard InChI is InChI=1S/C23H23NO3S/c1-16-4-8-20(9-5-16)23(21-12-10-19(11-13-21)18(3)25)24-28(26,27)22-14-6-17(2)7-15-22/h4-15,23-24H,1-3H3. The molecule has 0 fully saturated rings. The smallest absolute Gasteiger partial charge is 0.241 e. The van der Waals surface area contributed by atoms with E-state index in [9.17, 15) is 13.2 Å². The lowest BCUT2D eigenvalue weighted by Crippen LogP contribution is -2.29. The fourth-order valence-corrected chi connectivity index (χ4v) is 4.15. The fraction of sp³-hybridized carbons (Fsp3) is 0.174. The Morgan fingerprint density at radius 3 is 1.64 bits per heavy atom. The summed E-state index contributed by atoms with van der Waals surface area (Å²) in [5, 5.41) is 0. The fourth-order valence-electron chi connectivity index (χ4n) is 2.94. The number of rotatable bonds is 6. The van der Waals surface area contributed by atoms with Gasteiger partial charge < -0.3 is 0 Å². The number of benzene rings is 3. The number of sulfonamides is 1. The van der Waals surface area contributed by atoms with E-state index in [2.05, 4.69) is 4.72 Å². The molecule has 0 aromatic heterocycles. The van der Waals surface area contributed by atoms with Crippen LogP contribution in [0, 0.1) is 13.8 Å². The highest BCUT2D eigenvalue weighted by Crippen LogP contribution is 2.26. The van der Waals surface area contributed by atoms with Crippen LogP contribution in [0.2, 0.25) is 0 Å². The minimum atomic E-state index is -3.73. The number of carbonyl (C=O) groups excluding carboxylic acids is 1. The maximum atomic E-state index is 13.0. The number of Topliss-reactive ketones (excluding diaryl/α,β-unsaturated/α-hetero) is 1. The zero-order chi connectivity index (χ0) is 20.3. The van der Waals surface area contributed by atoms with Crippen LogP contribution in [-0.4, -0.2) is 14.2 Å². The van der Waals surface area contributed by atoms with Crippen molar-refractivity contribution in [3.05, 3.63) is 101 Å². The molecule has 1 atom stereocenters. The molecule has 3 rings (SSSR count). The van der Waals surface area contributed by atoms with Crippen LogP contribution in [0.25, 0.3) is 0 Å². The molecular formula is C23H23NO3S. The van der Waals surface area contributed by atoms with Crippen molar-refractivity contribution >= 4 is 15.8 Å². The van der Waals surface area contributed by atoms with Crippen LogP contribution in [0.1, 0.15) is 45.6 Å². The molecule has 0 saturated carbocycles. The van der Waals surface area contributed by atoms with Gasteiger partial charge in [-0.1, -0.05) is 71.8 Å². The first kappa shape index (κ1) is 20.0. The number of nitrogens with one attached hydrogen (secondary N) is 1. The van der Waals surface area contributed by atoms with Crippen molar-refractivity contribution in [1.29, 1.82) is 0 Å². The Bertz CT molecular complexity index is 1070. The number of hydrogen-bond acceptors (Lipinski definition) is 3.